The number of allylic oxidation sites excluding steroid dienone is 1. The van der Waals surface area contributed by atoms with Crippen molar-refractivity contribution in [3.63, 3.8) is 0 Å². The van der Waals surface area contributed by atoms with Crippen LogP contribution < -0.4 is 11.2 Å². The van der Waals surface area contributed by atoms with E-state index in [1.165, 1.54) is 0 Å². The Hall–Kier alpha value is -2.10. The van der Waals surface area contributed by atoms with Crippen molar-refractivity contribution in [1.82, 2.24) is 5.43 Å². The molecule has 1 aromatic carbocycles. The maximum atomic E-state index is 10.4. The van der Waals surface area contributed by atoms with Crippen LogP contribution in [0.25, 0.3) is 6.08 Å². The third-order valence-electron chi connectivity index (χ3n) is 1.94. The number of benzene rings is 1. The quantitative estimate of drug-likeness (QED) is 0.635. The van der Waals surface area contributed by atoms with Gasteiger partial charge in [-0.2, -0.15) is 5.10 Å². The van der Waals surface area contributed by atoms with Gasteiger partial charge in [-0.25, -0.2) is 10.2 Å². The number of carbonyl (C=O) groups is 1. The van der Waals surface area contributed by atoms with Crippen molar-refractivity contribution in [1.29, 1.82) is 0 Å². The van der Waals surface area contributed by atoms with E-state index in [1.54, 1.807) is 0 Å². The van der Waals surface area contributed by atoms with Gasteiger partial charge in [0, 0.05) is 5.56 Å². The van der Waals surface area contributed by atoms with Crippen molar-refractivity contribution in [2.24, 2.45) is 10.8 Å². The molecule has 4 nitrogen and oxygen atoms in total. The van der Waals surface area contributed by atoms with Crippen LogP contribution >= 0.6 is 0 Å². The molecule has 1 aromatic rings. The van der Waals surface area contributed by atoms with Crippen molar-refractivity contribution in [3.05, 3.63) is 41.5 Å². The number of nitrogens with two attached hydrogens (primary N) is 1. The second-order valence-electron chi connectivity index (χ2n) is 2.89. The first kappa shape index (κ1) is 8.50. The average Bonchev–Trinajstić information content (AvgIpc) is 2.58. The van der Waals surface area contributed by atoms with E-state index in [0.29, 0.717) is 0 Å². The first-order valence-corrected chi connectivity index (χ1v) is 4.18. The molecule has 0 aromatic heterocycles. The van der Waals surface area contributed by atoms with Crippen LogP contribution in [0.3, 0.4) is 0 Å². The van der Waals surface area contributed by atoms with E-state index in [-0.39, 0.29) is 0 Å². The highest BCUT2D eigenvalue weighted by Crippen LogP contribution is 2.18. The standard InChI is InChI=1S/C10H9N3O/c11-10(14)13-12-9-6-5-7-3-1-2-4-8(7)9/h1-6H,(H3,11,13,14)/b12-9-. The van der Waals surface area contributed by atoms with E-state index >= 15 is 0 Å². The van der Waals surface area contributed by atoms with Gasteiger partial charge in [-0.1, -0.05) is 30.3 Å². The number of carbonyl (C=O) groups excluding carboxylic acids is 1. The van der Waals surface area contributed by atoms with Crippen LogP contribution in [0.5, 0.6) is 0 Å². The maximum Gasteiger partial charge on any atom is 0.332 e. The predicted molar refractivity (Wildman–Crippen MR) is 54.7 cm³/mol. The number of rotatable bonds is 1. The van der Waals surface area contributed by atoms with E-state index in [1.807, 2.05) is 36.4 Å². The Morgan fingerprint density at radius 2 is 2.07 bits per heavy atom. The number of hydrogen-bond donors (Lipinski definition) is 2. The molecule has 14 heavy (non-hydrogen) atoms. The fraction of sp³-hybridized carbons (Fsp3) is 0. The molecule has 0 radical (unpaired) electrons. The summed E-state index contributed by atoms with van der Waals surface area (Å²) in [4.78, 5) is 10.4. The number of primary amides is 1. The molecule has 3 N–H and O–H groups in total. The fourth-order valence-corrected chi connectivity index (χ4v) is 1.35. The molecule has 70 valence electrons. The summed E-state index contributed by atoms with van der Waals surface area (Å²) in [5, 5.41) is 3.87. The second kappa shape index (κ2) is 3.33. The normalized spacial score (nSPS) is 15.6. The summed E-state index contributed by atoms with van der Waals surface area (Å²) in [6, 6.07) is 7.14. The lowest BCUT2D eigenvalue weighted by atomic mass is 10.1. The van der Waals surface area contributed by atoms with Crippen LogP contribution in [0.15, 0.2) is 35.4 Å². The van der Waals surface area contributed by atoms with Gasteiger partial charge in [0.25, 0.3) is 0 Å². The zero-order valence-corrected chi connectivity index (χ0v) is 7.40. The predicted octanol–water partition coefficient (Wildman–Crippen LogP) is 1.09. The Morgan fingerprint density at radius 3 is 2.86 bits per heavy atom. The van der Waals surface area contributed by atoms with Crippen LogP contribution in [0.4, 0.5) is 4.79 Å². The number of nitrogens with one attached hydrogen (secondary N) is 1. The van der Waals surface area contributed by atoms with Crippen LogP contribution in [0.2, 0.25) is 0 Å². The molecule has 2 amide bonds. The summed E-state index contributed by atoms with van der Waals surface area (Å²) in [5.74, 6) is 0. The summed E-state index contributed by atoms with van der Waals surface area (Å²) >= 11 is 0. The maximum absolute atomic E-state index is 10.4. The number of hydrogen-bond acceptors (Lipinski definition) is 2. The minimum Gasteiger partial charge on any atom is -0.350 e. The van der Waals surface area contributed by atoms with Gasteiger partial charge in [-0.15, -0.1) is 0 Å². The largest absolute Gasteiger partial charge is 0.350 e. The number of fused-ring (bicyclic) bond motifs is 1. The molecular formula is C10H9N3O. The zero-order valence-electron chi connectivity index (χ0n) is 7.40. The highest BCUT2D eigenvalue weighted by molar-refractivity contribution is 6.17. The Labute approximate surface area is 81.1 Å². The van der Waals surface area contributed by atoms with Gasteiger partial charge >= 0.3 is 6.03 Å². The molecule has 1 aliphatic rings. The number of hydrazone groups is 1. The van der Waals surface area contributed by atoms with Crippen molar-refractivity contribution in [3.8, 4) is 0 Å². The van der Waals surface area contributed by atoms with Crippen molar-refractivity contribution < 1.29 is 4.79 Å². The van der Waals surface area contributed by atoms with Crippen LogP contribution in [0.1, 0.15) is 11.1 Å². The summed E-state index contributed by atoms with van der Waals surface area (Å²) in [6.45, 7) is 0. The number of nitrogens with zero attached hydrogens (tertiary/aromatic N) is 1. The van der Waals surface area contributed by atoms with E-state index in [0.717, 1.165) is 16.8 Å². The molecule has 0 aliphatic heterocycles. The lowest BCUT2D eigenvalue weighted by Gasteiger charge is -1.99. The lowest BCUT2D eigenvalue weighted by molar-refractivity contribution is 0.249. The Balaban J connectivity index is 2.30. The molecule has 0 spiro atoms. The van der Waals surface area contributed by atoms with Gasteiger partial charge in [-0.05, 0) is 11.6 Å². The Bertz CT molecular complexity index is 435. The average molecular weight is 187 g/mol. The minimum absolute atomic E-state index is 0.657. The SMILES string of the molecule is NC(=O)N/N=C1/C=Cc2ccccc21. The van der Waals surface area contributed by atoms with Gasteiger partial charge < -0.3 is 5.73 Å². The van der Waals surface area contributed by atoms with Crippen molar-refractivity contribution in [2.75, 3.05) is 0 Å². The first-order chi connectivity index (χ1) is 6.77. The van der Waals surface area contributed by atoms with Crippen LogP contribution in [0, 0.1) is 0 Å². The molecule has 0 saturated heterocycles. The number of amides is 2. The van der Waals surface area contributed by atoms with Gasteiger partial charge in [-0.3, -0.25) is 0 Å². The molecule has 4 heteroatoms. The van der Waals surface area contributed by atoms with E-state index in [4.69, 9.17) is 5.73 Å². The molecule has 0 heterocycles. The topological polar surface area (TPSA) is 67.5 Å². The van der Waals surface area contributed by atoms with Gasteiger partial charge in [0.1, 0.15) is 0 Å². The molecule has 0 saturated carbocycles. The molecule has 1 aliphatic carbocycles. The Morgan fingerprint density at radius 1 is 1.29 bits per heavy atom. The van der Waals surface area contributed by atoms with Crippen molar-refractivity contribution >= 4 is 17.8 Å². The molecule has 0 atom stereocenters. The summed E-state index contributed by atoms with van der Waals surface area (Å²) in [5.41, 5.74) is 9.93. The van der Waals surface area contributed by atoms with E-state index in [2.05, 4.69) is 10.5 Å². The van der Waals surface area contributed by atoms with Gasteiger partial charge in [0.2, 0.25) is 0 Å². The zero-order chi connectivity index (χ0) is 9.97. The molecule has 2 rings (SSSR count). The molecular weight excluding hydrogens is 178 g/mol. The summed E-state index contributed by atoms with van der Waals surface area (Å²) in [6.07, 6.45) is 3.78. The first-order valence-electron chi connectivity index (χ1n) is 4.18. The molecule has 0 unspecified atom stereocenters. The summed E-state index contributed by atoms with van der Waals surface area (Å²) in [7, 11) is 0. The van der Waals surface area contributed by atoms with Gasteiger partial charge in [0.15, 0.2) is 0 Å². The van der Waals surface area contributed by atoms with E-state index in [9.17, 15) is 4.79 Å². The highest BCUT2D eigenvalue weighted by atomic mass is 16.2. The summed E-state index contributed by atoms with van der Waals surface area (Å²) < 4.78 is 0. The Kier molecular flexibility index (Phi) is 2.02. The van der Waals surface area contributed by atoms with Crippen LogP contribution in [-0.2, 0) is 0 Å². The minimum atomic E-state index is -0.657. The monoisotopic (exact) mass is 187 g/mol. The smallest absolute Gasteiger partial charge is 0.332 e. The van der Waals surface area contributed by atoms with Crippen LogP contribution in [-0.4, -0.2) is 11.7 Å². The highest BCUT2D eigenvalue weighted by Gasteiger charge is 2.10. The lowest BCUT2D eigenvalue weighted by Crippen LogP contribution is -2.25. The fourth-order valence-electron chi connectivity index (χ4n) is 1.35. The molecule has 0 fully saturated rings. The third-order valence-corrected chi connectivity index (χ3v) is 1.94. The third kappa shape index (κ3) is 1.50. The van der Waals surface area contributed by atoms with E-state index < -0.39 is 6.03 Å². The van der Waals surface area contributed by atoms with Crippen molar-refractivity contribution in [2.45, 2.75) is 0 Å². The molecule has 0 bridgehead atoms. The van der Waals surface area contributed by atoms with Gasteiger partial charge in [0.05, 0.1) is 5.71 Å². The number of urea groups is 1. The second-order valence-corrected chi connectivity index (χ2v) is 2.89.